The summed E-state index contributed by atoms with van der Waals surface area (Å²) in [4.78, 5) is 52.4. The van der Waals surface area contributed by atoms with Crippen LogP contribution in [0, 0.1) is 11.3 Å². The molecule has 0 spiro atoms. The van der Waals surface area contributed by atoms with Gasteiger partial charge in [0.15, 0.2) is 5.78 Å². The van der Waals surface area contributed by atoms with E-state index in [9.17, 15) is 24.4 Å². The van der Waals surface area contributed by atoms with Crippen molar-refractivity contribution in [1.29, 1.82) is 5.26 Å². The monoisotopic (exact) mass is 462 g/mol. The molecular weight excluding hydrogens is 440 g/mol. The maximum absolute atomic E-state index is 13.3. The molecule has 1 N–H and O–H groups in total. The van der Waals surface area contributed by atoms with Crippen molar-refractivity contribution in [2.75, 3.05) is 5.32 Å². The average molecular weight is 463 g/mol. The number of thiophene rings is 1. The second-order valence-electron chi connectivity index (χ2n) is 7.77. The summed E-state index contributed by atoms with van der Waals surface area (Å²) >= 11 is 1.37. The number of carbonyl (C=O) groups excluding carboxylic acids is 2. The summed E-state index contributed by atoms with van der Waals surface area (Å²) in [5.74, 6) is -0.769. The number of aryl methyl sites for hydroxylation is 2. The molecule has 168 valence electrons. The molecule has 1 amide bonds. The maximum atomic E-state index is 13.3. The zero-order chi connectivity index (χ0) is 23.5. The van der Waals surface area contributed by atoms with Crippen LogP contribution in [0.15, 0.2) is 46.1 Å². The number of hydrogen-bond donors (Lipinski definition) is 1. The third-order valence-electron chi connectivity index (χ3n) is 5.69. The molecular formula is C24H22N4O4S. The molecule has 0 fully saturated rings. The zero-order valence-corrected chi connectivity index (χ0v) is 18.9. The highest BCUT2D eigenvalue weighted by molar-refractivity contribution is 7.17. The van der Waals surface area contributed by atoms with Gasteiger partial charge in [-0.1, -0.05) is 30.3 Å². The summed E-state index contributed by atoms with van der Waals surface area (Å²) in [5, 5.41) is 12.4. The van der Waals surface area contributed by atoms with Gasteiger partial charge in [-0.05, 0) is 38.2 Å². The SMILES string of the molecule is CCn1cc(C#N)c(=O)n(CC(=O)Nc2sc3c(c2C(=O)c2ccccc2)CCCC3)c1=O. The van der Waals surface area contributed by atoms with Crippen molar-refractivity contribution >= 4 is 28.0 Å². The second kappa shape index (κ2) is 9.38. The standard InChI is InChI=1S/C24H22N4O4S/c1-2-27-13-16(12-25)23(31)28(24(27)32)14-19(29)26-22-20(17-10-6-7-11-18(17)33-22)21(30)15-8-4-3-5-9-15/h3-5,8-9,13H,2,6-7,10-11,14H2,1H3,(H,26,29). The van der Waals surface area contributed by atoms with Crippen LogP contribution in [0.2, 0.25) is 0 Å². The van der Waals surface area contributed by atoms with Gasteiger partial charge in [-0.25, -0.2) is 9.36 Å². The third kappa shape index (κ3) is 4.30. The molecule has 0 saturated carbocycles. The molecule has 0 saturated heterocycles. The Labute approximate surface area is 193 Å². The predicted molar refractivity (Wildman–Crippen MR) is 125 cm³/mol. The Morgan fingerprint density at radius 3 is 2.58 bits per heavy atom. The average Bonchev–Trinajstić information content (AvgIpc) is 3.19. The zero-order valence-electron chi connectivity index (χ0n) is 18.1. The van der Waals surface area contributed by atoms with Gasteiger partial charge < -0.3 is 5.32 Å². The van der Waals surface area contributed by atoms with E-state index in [-0.39, 0.29) is 17.9 Å². The summed E-state index contributed by atoms with van der Waals surface area (Å²) in [6, 6.07) is 10.7. The Hall–Kier alpha value is -3.77. The van der Waals surface area contributed by atoms with Gasteiger partial charge >= 0.3 is 5.69 Å². The fourth-order valence-electron chi connectivity index (χ4n) is 4.03. The van der Waals surface area contributed by atoms with Crippen molar-refractivity contribution in [2.45, 2.75) is 45.7 Å². The van der Waals surface area contributed by atoms with Crippen LogP contribution in [-0.4, -0.2) is 20.8 Å². The first kappa shape index (κ1) is 22.4. The number of carbonyl (C=O) groups is 2. The van der Waals surface area contributed by atoms with Crippen LogP contribution in [0.1, 0.15) is 51.7 Å². The number of ketones is 1. The Morgan fingerprint density at radius 2 is 1.88 bits per heavy atom. The van der Waals surface area contributed by atoms with Gasteiger partial charge in [0.2, 0.25) is 5.91 Å². The third-order valence-corrected chi connectivity index (χ3v) is 6.89. The fraction of sp³-hybridized carbons (Fsp3) is 0.292. The van der Waals surface area contributed by atoms with Crippen LogP contribution >= 0.6 is 11.3 Å². The molecule has 0 aliphatic heterocycles. The van der Waals surface area contributed by atoms with Crippen LogP contribution in [0.25, 0.3) is 0 Å². The van der Waals surface area contributed by atoms with Gasteiger partial charge in [-0.15, -0.1) is 11.3 Å². The molecule has 33 heavy (non-hydrogen) atoms. The minimum atomic E-state index is -0.812. The van der Waals surface area contributed by atoms with Gasteiger partial charge in [-0.3, -0.25) is 19.0 Å². The quantitative estimate of drug-likeness (QED) is 0.566. The topological polar surface area (TPSA) is 114 Å². The largest absolute Gasteiger partial charge is 0.331 e. The van der Waals surface area contributed by atoms with E-state index in [2.05, 4.69) is 5.32 Å². The van der Waals surface area contributed by atoms with Crippen LogP contribution < -0.4 is 16.6 Å². The van der Waals surface area contributed by atoms with E-state index in [1.165, 1.54) is 22.1 Å². The molecule has 2 heterocycles. The minimum Gasteiger partial charge on any atom is -0.316 e. The van der Waals surface area contributed by atoms with E-state index < -0.39 is 23.7 Å². The number of rotatable bonds is 6. The number of nitrogens with one attached hydrogen (secondary N) is 1. The lowest BCUT2D eigenvalue weighted by Crippen LogP contribution is -2.43. The van der Waals surface area contributed by atoms with E-state index in [4.69, 9.17) is 0 Å². The molecule has 3 aromatic rings. The molecule has 0 unspecified atom stereocenters. The molecule has 8 nitrogen and oxygen atoms in total. The number of nitriles is 1. The molecule has 0 radical (unpaired) electrons. The minimum absolute atomic E-state index is 0.165. The number of nitrogens with zero attached hydrogens (tertiary/aromatic N) is 3. The van der Waals surface area contributed by atoms with Crippen molar-refractivity contribution in [2.24, 2.45) is 0 Å². The smallest absolute Gasteiger partial charge is 0.316 e. The molecule has 1 aliphatic carbocycles. The van der Waals surface area contributed by atoms with E-state index in [0.717, 1.165) is 40.7 Å². The Morgan fingerprint density at radius 1 is 1.15 bits per heavy atom. The van der Waals surface area contributed by atoms with Crippen LogP contribution in [-0.2, 0) is 30.7 Å². The van der Waals surface area contributed by atoms with Gasteiger partial charge in [-0.2, -0.15) is 5.26 Å². The Kier molecular flexibility index (Phi) is 6.38. The number of hydrogen-bond acceptors (Lipinski definition) is 6. The lowest BCUT2D eigenvalue weighted by atomic mass is 9.92. The van der Waals surface area contributed by atoms with Crippen molar-refractivity contribution in [1.82, 2.24) is 9.13 Å². The van der Waals surface area contributed by atoms with Crippen LogP contribution in [0.3, 0.4) is 0 Å². The normalized spacial score (nSPS) is 12.6. The Bertz CT molecular complexity index is 1390. The van der Waals surface area contributed by atoms with Gasteiger partial charge in [0.1, 0.15) is 23.2 Å². The van der Waals surface area contributed by atoms with Crippen LogP contribution in [0.4, 0.5) is 5.00 Å². The Balaban J connectivity index is 1.70. The van der Waals surface area contributed by atoms with Gasteiger partial charge in [0.25, 0.3) is 5.56 Å². The number of anilines is 1. The van der Waals surface area contributed by atoms with Gasteiger partial charge in [0, 0.05) is 23.2 Å². The lowest BCUT2D eigenvalue weighted by Gasteiger charge is -2.13. The van der Waals surface area contributed by atoms with Crippen molar-refractivity contribution in [3.63, 3.8) is 0 Å². The fourth-order valence-corrected chi connectivity index (χ4v) is 5.34. The maximum Gasteiger partial charge on any atom is 0.331 e. The highest BCUT2D eigenvalue weighted by Crippen LogP contribution is 2.39. The molecule has 1 aromatic carbocycles. The first-order chi connectivity index (χ1) is 15.9. The molecule has 1 aliphatic rings. The van der Waals surface area contributed by atoms with Crippen molar-refractivity contribution in [3.05, 3.63) is 84.5 Å². The second-order valence-corrected chi connectivity index (χ2v) is 8.88. The molecule has 0 atom stereocenters. The highest BCUT2D eigenvalue weighted by Gasteiger charge is 2.27. The van der Waals surface area contributed by atoms with Crippen molar-refractivity contribution < 1.29 is 9.59 Å². The summed E-state index contributed by atoms with van der Waals surface area (Å²) in [6.45, 7) is 1.41. The highest BCUT2D eigenvalue weighted by atomic mass is 32.1. The summed E-state index contributed by atoms with van der Waals surface area (Å²) in [5.41, 5.74) is 0.292. The molecule has 2 aromatic heterocycles. The number of amides is 1. The lowest BCUT2D eigenvalue weighted by molar-refractivity contribution is -0.116. The molecule has 4 rings (SSSR count). The number of aromatic nitrogens is 2. The van der Waals surface area contributed by atoms with Gasteiger partial charge in [0.05, 0.1) is 5.56 Å². The molecule has 9 heteroatoms. The van der Waals surface area contributed by atoms with E-state index >= 15 is 0 Å². The summed E-state index contributed by atoms with van der Waals surface area (Å²) < 4.78 is 1.96. The van der Waals surface area contributed by atoms with E-state index in [0.29, 0.717) is 16.1 Å². The summed E-state index contributed by atoms with van der Waals surface area (Å²) in [7, 11) is 0. The first-order valence-electron chi connectivity index (χ1n) is 10.7. The van der Waals surface area contributed by atoms with Crippen molar-refractivity contribution in [3.8, 4) is 6.07 Å². The number of benzene rings is 1. The van der Waals surface area contributed by atoms with Crippen LogP contribution in [0.5, 0.6) is 0 Å². The summed E-state index contributed by atoms with van der Waals surface area (Å²) in [6.07, 6.45) is 4.80. The van der Waals surface area contributed by atoms with E-state index in [1.54, 1.807) is 37.3 Å². The predicted octanol–water partition coefficient (Wildman–Crippen LogP) is 2.71. The molecule has 0 bridgehead atoms. The number of fused-ring (bicyclic) bond motifs is 1. The first-order valence-corrected chi connectivity index (χ1v) is 11.5. The van der Waals surface area contributed by atoms with E-state index in [1.807, 2.05) is 6.07 Å².